The lowest BCUT2D eigenvalue weighted by Crippen LogP contribution is -2.42. The summed E-state index contributed by atoms with van der Waals surface area (Å²) in [5, 5.41) is 3.38. The molecule has 8 nitrogen and oxygen atoms in total. The van der Waals surface area contributed by atoms with E-state index in [9.17, 15) is 4.79 Å². The number of rotatable bonds is 4. The lowest BCUT2D eigenvalue weighted by molar-refractivity contribution is 0.0712. The first-order chi connectivity index (χ1) is 13.2. The Morgan fingerprint density at radius 1 is 1.15 bits per heavy atom. The maximum atomic E-state index is 12.8. The lowest BCUT2D eigenvalue weighted by Gasteiger charge is -2.32. The van der Waals surface area contributed by atoms with Crippen LogP contribution in [0.3, 0.4) is 0 Å². The Hall–Kier alpha value is -3.29. The fourth-order valence-corrected chi connectivity index (χ4v) is 3.19. The predicted octanol–water partition coefficient (Wildman–Crippen LogP) is 2.15. The minimum atomic E-state index is -0.0737. The maximum Gasteiger partial charge on any atom is 0.274 e. The Morgan fingerprint density at radius 2 is 1.93 bits per heavy atom. The van der Waals surface area contributed by atoms with E-state index in [0.717, 1.165) is 29.7 Å². The van der Waals surface area contributed by atoms with Crippen molar-refractivity contribution in [2.75, 3.05) is 25.5 Å². The molecule has 1 amide bonds. The number of likely N-dealkylation sites (tertiary alicyclic amines) is 1. The Labute approximate surface area is 156 Å². The molecule has 27 heavy (non-hydrogen) atoms. The first kappa shape index (κ1) is 17.1. The molecule has 2 aromatic heterocycles. The average Bonchev–Trinajstić information content (AvgIpc) is 2.73. The van der Waals surface area contributed by atoms with Gasteiger partial charge in [0.05, 0.1) is 24.3 Å². The number of ether oxygens (including phenoxy) is 1. The predicted molar refractivity (Wildman–Crippen MR) is 101 cm³/mol. The molecule has 8 heteroatoms. The zero-order valence-electron chi connectivity index (χ0n) is 15.0. The van der Waals surface area contributed by atoms with Gasteiger partial charge in [-0.05, 0) is 25.0 Å². The Balaban J connectivity index is 1.38. The van der Waals surface area contributed by atoms with Crippen LogP contribution in [0.1, 0.15) is 23.3 Å². The van der Waals surface area contributed by atoms with Crippen molar-refractivity contribution >= 4 is 22.8 Å². The van der Waals surface area contributed by atoms with Crippen LogP contribution < -0.4 is 10.1 Å². The summed E-state index contributed by atoms with van der Waals surface area (Å²) in [5.41, 5.74) is 1.91. The molecular weight excluding hydrogens is 344 g/mol. The summed E-state index contributed by atoms with van der Waals surface area (Å²) in [5.74, 6) is 1.18. The molecule has 0 spiro atoms. The van der Waals surface area contributed by atoms with E-state index in [1.165, 1.54) is 6.33 Å². The Bertz CT molecular complexity index is 956. The van der Waals surface area contributed by atoms with Crippen molar-refractivity contribution < 1.29 is 9.53 Å². The van der Waals surface area contributed by atoms with Crippen molar-refractivity contribution in [1.29, 1.82) is 0 Å². The second kappa shape index (κ2) is 7.53. The van der Waals surface area contributed by atoms with Gasteiger partial charge in [-0.25, -0.2) is 15.0 Å². The number of aromatic nitrogens is 4. The molecule has 3 heterocycles. The lowest BCUT2D eigenvalue weighted by atomic mass is 10.0. The number of fused-ring (bicyclic) bond motifs is 1. The molecule has 138 valence electrons. The Kier molecular flexibility index (Phi) is 4.78. The number of methoxy groups -OCH3 is 1. The van der Waals surface area contributed by atoms with Crippen LogP contribution in [-0.2, 0) is 0 Å². The van der Waals surface area contributed by atoms with Crippen LogP contribution in [0, 0.1) is 0 Å². The molecule has 1 aliphatic heterocycles. The number of hydrogen-bond donors (Lipinski definition) is 1. The molecule has 0 atom stereocenters. The van der Waals surface area contributed by atoms with E-state index >= 15 is 0 Å². The number of nitrogens with one attached hydrogen (secondary N) is 1. The molecule has 1 saturated heterocycles. The summed E-state index contributed by atoms with van der Waals surface area (Å²) >= 11 is 0. The van der Waals surface area contributed by atoms with E-state index in [4.69, 9.17) is 4.74 Å². The van der Waals surface area contributed by atoms with Crippen molar-refractivity contribution in [3.63, 3.8) is 0 Å². The van der Waals surface area contributed by atoms with Crippen LogP contribution in [0.5, 0.6) is 5.88 Å². The van der Waals surface area contributed by atoms with E-state index in [-0.39, 0.29) is 11.9 Å². The zero-order valence-corrected chi connectivity index (χ0v) is 15.0. The van der Waals surface area contributed by atoms with Crippen molar-refractivity contribution in [3.05, 3.63) is 48.5 Å². The third-order valence-corrected chi connectivity index (χ3v) is 4.65. The van der Waals surface area contributed by atoms with E-state index in [1.54, 1.807) is 19.4 Å². The van der Waals surface area contributed by atoms with Crippen LogP contribution in [0.25, 0.3) is 11.0 Å². The van der Waals surface area contributed by atoms with Crippen molar-refractivity contribution in [3.8, 4) is 5.88 Å². The quantitative estimate of drug-likeness (QED) is 0.758. The first-order valence-corrected chi connectivity index (χ1v) is 8.86. The summed E-state index contributed by atoms with van der Waals surface area (Å²) < 4.78 is 5.12. The highest BCUT2D eigenvalue weighted by Crippen LogP contribution is 2.19. The van der Waals surface area contributed by atoms with E-state index < -0.39 is 0 Å². The number of piperidine rings is 1. The first-order valence-electron chi connectivity index (χ1n) is 8.86. The summed E-state index contributed by atoms with van der Waals surface area (Å²) in [6, 6.07) is 9.56. The molecular formula is C19H20N6O2. The zero-order chi connectivity index (χ0) is 18.6. The topological polar surface area (TPSA) is 93.1 Å². The number of amides is 1. The molecule has 3 aromatic rings. The van der Waals surface area contributed by atoms with Crippen LogP contribution in [0.2, 0.25) is 0 Å². The number of hydrogen-bond acceptors (Lipinski definition) is 7. The number of carbonyl (C=O) groups is 1. The molecule has 0 aliphatic carbocycles. The molecule has 4 rings (SSSR count). The van der Waals surface area contributed by atoms with Gasteiger partial charge >= 0.3 is 0 Å². The Morgan fingerprint density at radius 3 is 2.70 bits per heavy atom. The van der Waals surface area contributed by atoms with Crippen LogP contribution in [0.4, 0.5) is 5.82 Å². The van der Waals surface area contributed by atoms with Gasteiger partial charge in [-0.15, -0.1) is 0 Å². The highest BCUT2D eigenvalue weighted by Gasteiger charge is 2.25. The van der Waals surface area contributed by atoms with Crippen molar-refractivity contribution in [1.82, 2.24) is 24.8 Å². The maximum absolute atomic E-state index is 12.8. The van der Waals surface area contributed by atoms with Gasteiger partial charge in [0.1, 0.15) is 17.8 Å². The third-order valence-electron chi connectivity index (χ3n) is 4.65. The van der Waals surface area contributed by atoms with Crippen LogP contribution >= 0.6 is 0 Å². The fourth-order valence-electron chi connectivity index (χ4n) is 3.19. The number of para-hydroxylation sites is 2. The molecule has 0 radical (unpaired) electrons. The van der Waals surface area contributed by atoms with Crippen LogP contribution in [0.15, 0.2) is 42.9 Å². The number of carbonyl (C=O) groups excluding carboxylic acids is 1. The van der Waals surface area contributed by atoms with Crippen molar-refractivity contribution in [2.45, 2.75) is 18.9 Å². The normalized spacial score (nSPS) is 14.9. The van der Waals surface area contributed by atoms with E-state index in [2.05, 4.69) is 25.3 Å². The SMILES string of the molecule is COc1cc(NC2CCN(C(=O)c3cnc4ccccc4n3)CC2)ncn1. The summed E-state index contributed by atoms with van der Waals surface area (Å²) in [4.78, 5) is 31.6. The van der Waals surface area contributed by atoms with Gasteiger partial charge < -0.3 is 15.0 Å². The van der Waals surface area contributed by atoms with E-state index in [0.29, 0.717) is 24.7 Å². The smallest absolute Gasteiger partial charge is 0.274 e. The second-order valence-electron chi connectivity index (χ2n) is 6.40. The molecule has 1 N–H and O–H groups in total. The highest BCUT2D eigenvalue weighted by atomic mass is 16.5. The minimum Gasteiger partial charge on any atom is -0.481 e. The van der Waals surface area contributed by atoms with Crippen LogP contribution in [-0.4, -0.2) is 57.0 Å². The van der Waals surface area contributed by atoms with Gasteiger partial charge in [0, 0.05) is 25.2 Å². The largest absolute Gasteiger partial charge is 0.481 e. The third kappa shape index (κ3) is 3.79. The summed E-state index contributed by atoms with van der Waals surface area (Å²) in [7, 11) is 1.58. The van der Waals surface area contributed by atoms with Gasteiger partial charge in [-0.2, -0.15) is 0 Å². The van der Waals surface area contributed by atoms with E-state index in [1.807, 2.05) is 29.2 Å². The number of anilines is 1. The minimum absolute atomic E-state index is 0.0737. The monoisotopic (exact) mass is 364 g/mol. The summed E-state index contributed by atoms with van der Waals surface area (Å²) in [6.07, 6.45) is 4.69. The molecule has 1 fully saturated rings. The van der Waals surface area contributed by atoms with Gasteiger partial charge in [-0.3, -0.25) is 9.78 Å². The molecule has 1 aliphatic rings. The van der Waals surface area contributed by atoms with Crippen molar-refractivity contribution in [2.24, 2.45) is 0 Å². The molecule has 0 saturated carbocycles. The van der Waals surface area contributed by atoms with Gasteiger partial charge in [-0.1, -0.05) is 12.1 Å². The van der Waals surface area contributed by atoms with Gasteiger partial charge in [0.25, 0.3) is 5.91 Å². The van der Waals surface area contributed by atoms with Gasteiger partial charge in [0.15, 0.2) is 0 Å². The fraction of sp³-hybridized carbons (Fsp3) is 0.316. The highest BCUT2D eigenvalue weighted by molar-refractivity contribution is 5.93. The molecule has 0 unspecified atom stereocenters. The molecule has 1 aromatic carbocycles. The summed E-state index contributed by atoms with van der Waals surface area (Å²) in [6.45, 7) is 1.32. The molecule has 0 bridgehead atoms. The number of benzene rings is 1. The van der Waals surface area contributed by atoms with Gasteiger partial charge in [0.2, 0.25) is 5.88 Å². The second-order valence-corrected chi connectivity index (χ2v) is 6.40. The average molecular weight is 364 g/mol. The standard InChI is InChI=1S/C19H20N6O2/c1-27-18-10-17(21-12-22-18)23-13-6-8-25(9-7-13)19(26)16-11-20-14-4-2-3-5-15(14)24-16/h2-5,10-13H,6-9H2,1H3,(H,21,22,23). The number of nitrogens with zero attached hydrogens (tertiary/aromatic N) is 5.